The van der Waals surface area contributed by atoms with Crippen LogP contribution < -0.4 is 15.4 Å². The van der Waals surface area contributed by atoms with Gasteiger partial charge in [0.1, 0.15) is 10.8 Å². The van der Waals surface area contributed by atoms with E-state index in [0.29, 0.717) is 17.2 Å². The highest BCUT2D eigenvalue weighted by molar-refractivity contribution is 7.80. The standard InChI is InChI=1S/C23H26N4O3S2/c1-13-20(14(2)27(26-13)12-15-7-5-8-16(11-15)29-3)24-23(31)25-21-19(22(28)30-4)17-9-6-10-18(17)32-21/h5,7-8,11H,6,9-10,12H2,1-4H3,(H2,24,25,31). The van der Waals surface area contributed by atoms with Crippen LogP contribution in [0.25, 0.3) is 0 Å². The Balaban J connectivity index is 1.52. The van der Waals surface area contributed by atoms with E-state index in [4.69, 9.17) is 21.7 Å². The Morgan fingerprint density at radius 2 is 2.06 bits per heavy atom. The molecule has 2 N–H and O–H groups in total. The molecule has 7 nitrogen and oxygen atoms in total. The minimum absolute atomic E-state index is 0.326. The van der Waals surface area contributed by atoms with Crippen LogP contribution in [0, 0.1) is 13.8 Å². The summed E-state index contributed by atoms with van der Waals surface area (Å²) in [6.07, 6.45) is 2.95. The molecule has 3 aromatic rings. The highest BCUT2D eigenvalue weighted by Gasteiger charge is 2.27. The van der Waals surface area contributed by atoms with Gasteiger partial charge in [-0.05, 0) is 68.6 Å². The first kappa shape index (κ1) is 22.3. The first-order chi connectivity index (χ1) is 15.4. The first-order valence-corrected chi connectivity index (χ1v) is 11.6. The number of thiocarbonyl (C=S) groups is 1. The average molecular weight is 471 g/mol. The summed E-state index contributed by atoms with van der Waals surface area (Å²) in [5.41, 5.74) is 5.46. The van der Waals surface area contributed by atoms with Crippen molar-refractivity contribution in [2.45, 2.75) is 39.7 Å². The van der Waals surface area contributed by atoms with Crippen molar-refractivity contribution < 1.29 is 14.3 Å². The highest BCUT2D eigenvalue weighted by atomic mass is 32.1. The number of hydrogen-bond donors (Lipinski definition) is 2. The van der Waals surface area contributed by atoms with Crippen LogP contribution in [0.5, 0.6) is 5.75 Å². The number of fused-ring (bicyclic) bond motifs is 1. The number of nitrogens with zero attached hydrogens (tertiary/aromatic N) is 2. The van der Waals surface area contributed by atoms with Gasteiger partial charge in [-0.15, -0.1) is 11.3 Å². The van der Waals surface area contributed by atoms with Crippen molar-refractivity contribution in [1.82, 2.24) is 9.78 Å². The number of esters is 1. The predicted octanol–water partition coefficient (Wildman–Crippen LogP) is 4.70. The van der Waals surface area contributed by atoms with Gasteiger partial charge in [0.2, 0.25) is 0 Å². The van der Waals surface area contributed by atoms with Gasteiger partial charge in [0, 0.05) is 4.88 Å². The number of hydrogen-bond acceptors (Lipinski definition) is 6. The molecule has 32 heavy (non-hydrogen) atoms. The summed E-state index contributed by atoms with van der Waals surface area (Å²) in [5, 5.41) is 12.3. The number of ether oxygens (including phenoxy) is 2. The van der Waals surface area contributed by atoms with Crippen LogP contribution in [-0.4, -0.2) is 35.1 Å². The van der Waals surface area contributed by atoms with Gasteiger partial charge < -0.3 is 20.1 Å². The highest BCUT2D eigenvalue weighted by Crippen LogP contribution is 2.39. The Kier molecular flexibility index (Phi) is 6.48. The molecular formula is C23H26N4O3S2. The SMILES string of the molecule is COC(=O)c1c(NC(=S)Nc2c(C)nn(Cc3cccc(OC)c3)c2C)sc2c1CCC2. The van der Waals surface area contributed by atoms with Gasteiger partial charge in [0.15, 0.2) is 5.11 Å². The zero-order chi connectivity index (χ0) is 22.8. The largest absolute Gasteiger partial charge is 0.497 e. The number of benzene rings is 1. The fraction of sp³-hybridized carbons (Fsp3) is 0.348. The van der Waals surface area contributed by atoms with Crippen LogP contribution in [0.2, 0.25) is 0 Å². The topological polar surface area (TPSA) is 77.4 Å². The van der Waals surface area contributed by atoms with Crippen molar-refractivity contribution in [3.8, 4) is 5.75 Å². The summed E-state index contributed by atoms with van der Waals surface area (Å²) >= 11 is 7.15. The van der Waals surface area contributed by atoms with Crippen LogP contribution in [0.3, 0.4) is 0 Å². The summed E-state index contributed by atoms with van der Waals surface area (Å²) in [6, 6.07) is 7.93. The molecule has 1 aromatic carbocycles. The molecule has 2 aromatic heterocycles. The summed E-state index contributed by atoms with van der Waals surface area (Å²) in [4.78, 5) is 13.6. The lowest BCUT2D eigenvalue weighted by atomic mass is 10.1. The molecule has 1 aliphatic rings. The smallest absolute Gasteiger partial charge is 0.341 e. The number of carbonyl (C=O) groups is 1. The van der Waals surface area contributed by atoms with Crippen molar-refractivity contribution in [1.29, 1.82) is 0 Å². The van der Waals surface area contributed by atoms with Gasteiger partial charge in [-0.1, -0.05) is 12.1 Å². The number of anilines is 2. The second kappa shape index (κ2) is 9.30. The number of aryl methyl sites for hydroxylation is 2. The Bertz CT molecular complexity index is 1180. The third-order valence-electron chi connectivity index (χ3n) is 5.62. The average Bonchev–Trinajstić information content (AvgIpc) is 3.43. The van der Waals surface area contributed by atoms with E-state index in [0.717, 1.165) is 58.2 Å². The number of nitrogens with one attached hydrogen (secondary N) is 2. The van der Waals surface area contributed by atoms with Crippen LogP contribution in [0.1, 0.15) is 44.2 Å². The van der Waals surface area contributed by atoms with Crippen LogP contribution in [0.4, 0.5) is 10.7 Å². The third-order valence-corrected chi connectivity index (χ3v) is 7.04. The van der Waals surface area contributed by atoms with Crippen LogP contribution in [-0.2, 0) is 24.1 Å². The maximum absolute atomic E-state index is 12.4. The quantitative estimate of drug-likeness (QED) is 0.399. The number of aromatic nitrogens is 2. The summed E-state index contributed by atoms with van der Waals surface area (Å²) < 4.78 is 12.3. The number of carbonyl (C=O) groups excluding carboxylic acids is 1. The molecule has 168 valence electrons. The fourth-order valence-corrected chi connectivity index (χ4v) is 5.58. The van der Waals surface area contributed by atoms with E-state index in [2.05, 4.69) is 15.7 Å². The molecule has 0 radical (unpaired) electrons. The van der Waals surface area contributed by atoms with Crippen molar-refractivity contribution in [3.63, 3.8) is 0 Å². The molecule has 2 heterocycles. The Morgan fingerprint density at radius 3 is 2.81 bits per heavy atom. The van der Waals surface area contributed by atoms with E-state index >= 15 is 0 Å². The lowest BCUT2D eigenvalue weighted by Gasteiger charge is -2.12. The minimum Gasteiger partial charge on any atom is -0.497 e. The van der Waals surface area contributed by atoms with Crippen molar-refractivity contribution in [3.05, 3.63) is 57.2 Å². The molecule has 0 unspecified atom stereocenters. The maximum atomic E-state index is 12.4. The van der Waals surface area contributed by atoms with Gasteiger partial charge in [-0.2, -0.15) is 5.10 Å². The van der Waals surface area contributed by atoms with E-state index in [9.17, 15) is 4.79 Å². The van der Waals surface area contributed by atoms with Crippen LogP contribution >= 0.6 is 23.6 Å². The summed E-state index contributed by atoms with van der Waals surface area (Å²) in [7, 11) is 3.07. The van der Waals surface area contributed by atoms with Crippen molar-refractivity contribution in [2.75, 3.05) is 24.9 Å². The normalized spacial score (nSPS) is 12.4. The van der Waals surface area contributed by atoms with Gasteiger partial charge in [0.25, 0.3) is 0 Å². The van der Waals surface area contributed by atoms with E-state index in [-0.39, 0.29) is 5.97 Å². The molecule has 0 bridgehead atoms. The predicted molar refractivity (Wildman–Crippen MR) is 131 cm³/mol. The van der Waals surface area contributed by atoms with E-state index in [1.54, 1.807) is 18.4 Å². The molecule has 0 amide bonds. The number of methoxy groups -OCH3 is 2. The molecule has 1 aliphatic carbocycles. The lowest BCUT2D eigenvalue weighted by Crippen LogP contribution is -2.21. The molecule has 0 atom stereocenters. The zero-order valence-corrected chi connectivity index (χ0v) is 20.2. The van der Waals surface area contributed by atoms with E-state index < -0.39 is 0 Å². The van der Waals surface area contributed by atoms with Crippen molar-refractivity contribution >= 4 is 45.3 Å². The molecule has 0 fully saturated rings. The number of thiophene rings is 1. The second-order valence-electron chi connectivity index (χ2n) is 7.69. The monoisotopic (exact) mass is 470 g/mol. The molecule has 0 spiro atoms. The van der Waals surface area contributed by atoms with Gasteiger partial charge in [-0.25, -0.2) is 4.79 Å². The van der Waals surface area contributed by atoms with E-state index in [1.807, 2.05) is 42.8 Å². The minimum atomic E-state index is -0.326. The first-order valence-electron chi connectivity index (χ1n) is 10.4. The lowest BCUT2D eigenvalue weighted by molar-refractivity contribution is 0.0601. The molecule has 0 aliphatic heterocycles. The van der Waals surface area contributed by atoms with Crippen LogP contribution in [0.15, 0.2) is 24.3 Å². The molecule has 4 rings (SSSR count). The maximum Gasteiger partial charge on any atom is 0.341 e. The zero-order valence-electron chi connectivity index (χ0n) is 18.6. The summed E-state index contributed by atoms with van der Waals surface area (Å²) in [5.74, 6) is 0.491. The molecule has 9 heteroatoms. The van der Waals surface area contributed by atoms with Gasteiger partial charge in [0.05, 0.1) is 43.4 Å². The van der Waals surface area contributed by atoms with Gasteiger partial charge >= 0.3 is 5.97 Å². The van der Waals surface area contributed by atoms with E-state index in [1.165, 1.54) is 12.0 Å². The Labute approximate surface area is 196 Å². The fourth-order valence-electron chi connectivity index (χ4n) is 4.03. The summed E-state index contributed by atoms with van der Waals surface area (Å²) in [6.45, 7) is 4.57. The molecule has 0 saturated heterocycles. The second-order valence-corrected chi connectivity index (χ2v) is 9.20. The Hall–Kier alpha value is -2.91. The molecule has 0 saturated carbocycles. The van der Waals surface area contributed by atoms with Gasteiger partial charge in [-0.3, -0.25) is 4.68 Å². The van der Waals surface area contributed by atoms with Crippen molar-refractivity contribution in [2.24, 2.45) is 0 Å². The third kappa shape index (κ3) is 4.35. The Morgan fingerprint density at radius 1 is 1.25 bits per heavy atom. The molecular weight excluding hydrogens is 444 g/mol. The number of rotatable bonds is 6.